The van der Waals surface area contributed by atoms with Crippen LogP contribution < -0.4 is 0 Å². The third-order valence-electron chi connectivity index (χ3n) is 2.13. The molecule has 124 valence electrons. The zero-order valence-corrected chi connectivity index (χ0v) is 15.0. The fraction of sp³-hybridized carbons (Fsp3) is 0.818. The normalized spacial score (nSPS) is 11.0. The van der Waals surface area contributed by atoms with Gasteiger partial charge in [-0.05, 0) is 19.8 Å². The molecule has 8 nitrogen and oxygen atoms in total. The SMILES string of the molecule is CCOC(=O)CCCOC(=O)N(C)OCCCS(=O)(=O)I. The van der Waals surface area contributed by atoms with Crippen molar-refractivity contribution in [3.63, 3.8) is 0 Å². The van der Waals surface area contributed by atoms with Crippen molar-refractivity contribution in [2.24, 2.45) is 0 Å². The van der Waals surface area contributed by atoms with E-state index in [1.165, 1.54) is 28.3 Å². The van der Waals surface area contributed by atoms with Crippen LogP contribution >= 0.6 is 21.2 Å². The monoisotopic (exact) mass is 437 g/mol. The first-order chi connectivity index (χ1) is 9.76. The number of amides is 1. The standard InChI is InChI=1S/C11H20INO7S/c1-3-18-10(14)6-4-7-19-11(15)13(2)20-8-5-9-21(12,16)17/h3-9H2,1-2H3. The minimum Gasteiger partial charge on any atom is -0.466 e. The van der Waals surface area contributed by atoms with Gasteiger partial charge in [0.25, 0.3) is 0 Å². The number of rotatable bonds is 10. The highest BCUT2D eigenvalue weighted by Gasteiger charge is 2.12. The van der Waals surface area contributed by atoms with Crippen LogP contribution in [-0.2, 0) is 26.1 Å². The molecular formula is C11H20INO7S. The first kappa shape index (κ1) is 20.4. The van der Waals surface area contributed by atoms with Gasteiger partial charge < -0.3 is 9.47 Å². The number of carbonyl (C=O) groups is 2. The molecule has 0 aromatic rings. The lowest BCUT2D eigenvalue weighted by atomic mass is 10.3. The van der Waals surface area contributed by atoms with Crippen LogP contribution in [0.3, 0.4) is 0 Å². The van der Waals surface area contributed by atoms with E-state index in [9.17, 15) is 18.0 Å². The Kier molecular flexibility index (Phi) is 10.7. The summed E-state index contributed by atoms with van der Waals surface area (Å²) in [5.41, 5.74) is 0. The van der Waals surface area contributed by atoms with E-state index in [1.807, 2.05) is 0 Å². The molecule has 0 aliphatic rings. The van der Waals surface area contributed by atoms with E-state index in [4.69, 9.17) is 14.3 Å². The van der Waals surface area contributed by atoms with Crippen molar-refractivity contribution < 1.29 is 32.3 Å². The van der Waals surface area contributed by atoms with E-state index in [0.717, 1.165) is 5.06 Å². The molecule has 21 heavy (non-hydrogen) atoms. The zero-order valence-electron chi connectivity index (χ0n) is 12.0. The minimum atomic E-state index is -3.06. The summed E-state index contributed by atoms with van der Waals surface area (Å²) in [4.78, 5) is 27.5. The molecule has 0 bridgehead atoms. The van der Waals surface area contributed by atoms with Gasteiger partial charge in [-0.25, -0.2) is 13.2 Å². The Morgan fingerprint density at radius 3 is 2.38 bits per heavy atom. The van der Waals surface area contributed by atoms with Gasteiger partial charge in [0, 0.05) is 13.5 Å². The van der Waals surface area contributed by atoms with Crippen LogP contribution in [0.2, 0.25) is 0 Å². The molecule has 0 aromatic carbocycles. The maximum Gasteiger partial charge on any atom is 0.433 e. The van der Waals surface area contributed by atoms with Crippen molar-refractivity contribution in [2.75, 3.05) is 32.6 Å². The predicted octanol–water partition coefficient (Wildman–Crippen LogP) is 1.48. The number of carbonyl (C=O) groups excluding carboxylic acids is 2. The molecule has 0 aliphatic carbocycles. The zero-order chi connectivity index (χ0) is 16.3. The Morgan fingerprint density at radius 2 is 1.81 bits per heavy atom. The summed E-state index contributed by atoms with van der Waals surface area (Å²) < 4.78 is 31.3. The average Bonchev–Trinajstić information content (AvgIpc) is 2.38. The van der Waals surface area contributed by atoms with Crippen LogP contribution in [0, 0.1) is 0 Å². The van der Waals surface area contributed by atoms with Gasteiger partial charge in [0.1, 0.15) is 0 Å². The number of hydroxylamine groups is 2. The fourth-order valence-corrected chi connectivity index (χ4v) is 2.58. The van der Waals surface area contributed by atoms with Crippen LogP contribution in [0.1, 0.15) is 26.2 Å². The van der Waals surface area contributed by atoms with Gasteiger partial charge in [0.05, 0.1) is 46.8 Å². The molecule has 0 aliphatic heterocycles. The Morgan fingerprint density at radius 1 is 1.14 bits per heavy atom. The van der Waals surface area contributed by atoms with E-state index >= 15 is 0 Å². The molecule has 0 atom stereocenters. The largest absolute Gasteiger partial charge is 0.466 e. The highest BCUT2D eigenvalue weighted by atomic mass is 127. The maximum absolute atomic E-state index is 11.4. The summed E-state index contributed by atoms with van der Waals surface area (Å²) in [6.45, 7) is 2.21. The van der Waals surface area contributed by atoms with E-state index in [0.29, 0.717) is 13.0 Å². The molecule has 0 saturated heterocycles. The number of ether oxygens (including phenoxy) is 2. The van der Waals surface area contributed by atoms with Crippen molar-refractivity contribution in [1.82, 2.24) is 5.06 Å². The predicted molar refractivity (Wildman–Crippen MR) is 83.4 cm³/mol. The highest BCUT2D eigenvalue weighted by molar-refractivity contribution is 14.2. The lowest BCUT2D eigenvalue weighted by Crippen LogP contribution is -2.29. The molecule has 0 heterocycles. The van der Waals surface area contributed by atoms with E-state index < -0.39 is 13.1 Å². The first-order valence-electron chi connectivity index (χ1n) is 6.37. The topological polar surface area (TPSA) is 99.2 Å². The van der Waals surface area contributed by atoms with Crippen LogP contribution in [-0.4, -0.2) is 58.2 Å². The lowest BCUT2D eigenvalue weighted by molar-refractivity contribution is -0.143. The summed E-state index contributed by atoms with van der Waals surface area (Å²) in [6.07, 6.45) is 0.132. The van der Waals surface area contributed by atoms with Gasteiger partial charge in [0.2, 0.25) is 7.01 Å². The Balaban J connectivity index is 3.68. The third kappa shape index (κ3) is 12.8. The second-order valence-electron chi connectivity index (χ2n) is 3.95. The van der Waals surface area contributed by atoms with E-state index in [1.54, 1.807) is 6.92 Å². The minimum absolute atomic E-state index is 0.0179. The smallest absolute Gasteiger partial charge is 0.433 e. The molecule has 0 N–H and O–H groups in total. The van der Waals surface area contributed by atoms with Gasteiger partial charge in [-0.2, -0.15) is 5.06 Å². The molecular weight excluding hydrogens is 417 g/mol. The average molecular weight is 437 g/mol. The molecule has 0 unspecified atom stereocenters. The quantitative estimate of drug-likeness (QED) is 0.168. The maximum atomic E-state index is 11.4. The van der Waals surface area contributed by atoms with Crippen molar-refractivity contribution in [3.05, 3.63) is 0 Å². The van der Waals surface area contributed by atoms with Crippen molar-refractivity contribution in [3.8, 4) is 0 Å². The van der Waals surface area contributed by atoms with E-state index in [2.05, 4.69) is 0 Å². The first-order valence-corrected chi connectivity index (χ1v) is 10.6. The number of esters is 1. The summed E-state index contributed by atoms with van der Waals surface area (Å²) in [7, 11) is -1.69. The van der Waals surface area contributed by atoms with Gasteiger partial charge in [-0.1, -0.05) is 0 Å². The van der Waals surface area contributed by atoms with Crippen LogP contribution in [0.25, 0.3) is 0 Å². The van der Waals surface area contributed by atoms with Crippen molar-refractivity contribution >= 4 is 40.3 Å². The molecule has 0 aromatic heterocycles. The molecule has 0 saturated carbocycles. The number of nitrogens with zero attached hydrogens (tertiary/aromatic N) is 1. The number of hydrogen-bond donors (Lipinski definition) is 0. The molecule has 0 fully saturated rings. The summed E-state index contributed by atoms with van der Waals surface area (Å²) >= 11 is 1.35. The molecule has 1 amide bonds. The highest BCUT2D eigenvalue weighted by Crippen LogP contribution is 2.04. The van der Waals surface area contributed by atoms with Gasteiger partial charge >= 0.3 is 12.1 Å². The third-order valence-corrected chi connectivity index (χ3v) is 4.23. The molecule has 0 radical (unpaired) electrons. The summed E-state index contributed by atoms with van der Waals surface area (Å²) in [5.74, 6) is -0.353. The van der Waals surface area contributed by atoms with Crippen LogP contribution in [0.5, 0.6) is 0 Å². The van der Waals surface area contributed by atoms with Gasteiger partial charge in [0.15, 0.2) is 0 Å². The second kappa shape index (κ2) is 11.0. The molecule has 10 heteroatoms. The lowest BCUT2D eigenvalue weighted by Gasteiger charge is -2.16. The van der Waals surface area contributed by atoms with E-state index in [-0.39, 0.29) is 37.8 Å². The number of hydrogen-bond acceptors (Lipinski definition) is 7. The molecule has 0 rings (SSSR count). The summed E-state index contributed by atoms with van der Waals surface area (Å²) in [5, 5.41) is 0.893. The fourth-order valence-electron chi connectivity index (χ4n) is 1.19. The van der Waals surface area contributed by atoms with Crippen molar-refractivity contribution in [1.29, 1.82) is 0 Å². The Bertz CT molecular complexity index is 426. The van der Waals surface area contributed by atoms with Gasteiger partial charge in [-0.15, -0.1) is 0 Å². The number of halogens is 1. The Hall–Kier alpha value is -0.620. The molecule has 0 spiro atoms. The van der Waals surface area contributed by atoms with Crippen LogP contribution in [0.4, 0.5) is 4.79 Å². The Labute approximate surface area is 136 Å². The van der Waals surface area contributed by atoms with Crippen LogP contribution in [0.15, 0.2) is 0 Å². The van der Waals surface area contributed by atoms with Crippen molar-refractivity contribution in [2.45, 2.75) is 26.2 Å². The van der Waals surface area contributed by atoms with Gasteiger partial charge in [-0.3, -0.25) is 9.63 Å². The summed E-state index contributed by atoms with van der Waals surface area (Å²) in [6, 6.07) is 0. The second-order valence-corrected chi connectivity index (χ2v) is 9.46.